The van der Waals surface area contributed by atoms with Crippen molar-refractivity contribution in [2.75, 3.05) is 0 Å². The zero-order valence-electron chi connectivity index (χ0n) is 9.70. The van der Waals surface area contributed by atoms with Crippen LogP contribution in [-0.2, 0) is 0 Å². The summed E-state index contributed by atoms with van der Waals surface area (Å²) in [5.74, 6) is 0.910. The molecule has 1 saturated carbocycles. The highest BCUT2D eigenvalue weighted by Gasteiger charge is 2.26. The summed E-state index contributed by atoms with van der Waals surface area (Å²) in [7, 11) is 0. The van der Waals surface area contributed by atoms with Crippen LogP contribution in [0.1, 0.15) is 50.4 Å². The monoisotopic (exact) mass is 223 g/mol. The minimum Gasteiger partial charge on any atom is -0.306 e. The molecule has 1 heterocycles. The number of hydrogen-bond donors (Lipinski definition) is 1. The molecule has 0 aromatic carbocycles. The molecule has 0 radical (unpaired) electrons. The van der Waals surface area contributed by atoms with Gasteiger partial charge >= 0.3 is 0 Å². The van der Waals surface area contributed by atoms with Gasteiger partial charge in [-0.3, -0.25) is 0 Å². The number of nitrogens with one attached hydrogen (secondary N) is 1. The maximum Gasteiger partial charge on any atom is 0.0388 e. The van der Waals surface area contributed by atoms with Gasteiger partial charge in [0.25, 0.3) is 0 Å². The highest BCUT2D eigenvalue weighted by atomic mass is 32.1. The van der Waals surface area contributed by atoms with Crippen LogP contribution in [0.25, 0.3) is 0 Å². The van der Waals surface area contributed by atoms with Gasteiger partial charge in [0.2, 0.25) is 0 Å². The SMILES string of the molecule is CCC1CCCC1N[C@@H](C)c1cccs1. The van der Waals surface area contributed by atoms with Crippen molar-refractivity contribution in [3.8, 4) is 0 Å². The summed E-state index contributed by atoms with van der Waals surface area (Å²) in [6.45, 7) is 4.61. The third-order valence-corrected chi connectivity index (χ3v) is 4.67. The standard InChI is InChI=1S/C13H21NS/c1-3-11-6-4-7-12(11)14-10(2)13-8-5-9-15-13/h5,8-12,14H,3-4,6-7H2,1-2H3/t10-,11?,12?/m0/s1. The fourth-order valence-corrected chi connectivity index (χ4v) is 3.43. The molecule has 0 amide bonds. The van der Waals surface area contributed by atoms with E-state index < -0.39 is 0 Å². The minimum atomic E-state index is 0.530. The van der Waals surface area contributed by atoms with Crippen LogP contribution in [0.5, 0.6) is 0 Å². The van der Waals surface area contributed by atoms with Crippen molar-refractivity contribution in [3.05, 3.63) is 22.4 Å². The van der Waals surface area contributed by atoms with Gasteiger partial charge in [0, 0.05) is 17.0 Å². The second-order valence-electron chi connectivity index (χ2n) is 4.61. The Balaban J connectivity index is 1.91. The van der Waals surface area contributed by atoms with E-state index in [0.717, 1.165) is 12.0 Å². The molecule has 84 valence electrons. The molecule has 1 aromatic heterocycles. The summed E-state index contributed by atoms with van der Waals surface area (Å²) in [6, 6.07) is 5.66. The van der Waals surface area contributed by atoms with E-state index in [0.29, 0.717) is 6.04 Å². The van der Waals surface area contributed by atoms with Crippen LogP contribution >= 0.6 is 11.3 Å². The lowest BCUT2D eigenvalue weighted by atomic mass is 10.00. The fourth-order valence-electron chi connectivity index (χ4n) is 2.69. The van der Waals surface area contributed by atoms with Crippen LogP contribution < -0.4 is 5.32 Å². The first-order valence-corrected chi connectivity index (χ1v) is 6.98. The molecule has 1 fully saturated rings. The molecule has 1 nitrogen and oxygen atoms in total. The molecular weight excluding hydrogens is 202 g/mol. The van der Waals surface area contributed by atoms with Gasteiger partial charge in [-0.15, -0.1) is 11.3 Å². The van der Waals surface area contributed by atoms with Crippen molar-refractivity contribution >= 4 is 11.3 Å². The molecule has 1 N–H and O–H groups in total. The molecule has 15 heavy (non-hydrogen) atoms. The van der Waals surface area contributed by atoms with Crippen molar-refractivity contribution in [1.29, 1.82) is 0 Å². The molecule has 1 aliphatic rings. The lowest BCUT2D eigenvalue weighted by Crippen LogP contribution is -2.33. The highest BCUT2D eigenvalue weighted by Crippen LogP contribution is 2.30. The van der Waals surface area contributed by atoms with Crippen LogP contribution in [0.15, 0.2) is 17.5 Å². The van der Waals surface area contributed by atoms with Gasteiger partial charge in [0.15, 0.2) is 0 Å². The van der Waals surface area contributed by atoms with Crippen LogP contribution in [0.3, 0.4) is 0 Å². The minimum absolute atomic E-state index is 0.530. The molecule has 3 atom stereocenters. The molecule has 0 saturated heterocycles. The highest BCUT2D eigenvalue weighted by molar-refractivity contribution is 7.10. The van der Waals surface area contributed by atoms with E-state index >= 15 is 0 Å². The molecule has 0 aliphatic heterocycles. The average Bonchev–Trinajstić information content (AvgIpc) is 2.87. The lowest BCUT2D eigenvalue weighted by molar-refractivity contribution is 0.362. The van der Waals surface area contributed by atoms with E-state index in [4.69, 9.17) is 0 Å². The first-order chi connectivity index (χ1) is 7.31. The van der Waals surface area contributed by atoms with E-state index in [1.807, 2.05) is 11.3 Å². The van der Waals surface area contributed by atoms with Gasteiger partial charge in [0.05, 0.1) is 0 Å². The van der Waals surface area contributed by atoms with Crippen LogP contribution in [0.4, 0.5) is 0 Å². The van der Waals surface area contributed by atoms with Gasteiger partial charge in [-0.25, -0.2) is 0 Å². The van der Waals surface area contributed by atoms with Gasteiger partial charge in [-0.05, 0) is 37.1 Å². The van der Waals surface area contributed by atoms with Gasteiger partial charge in [-0.1, -0.05) is 25.8 Å². The molecule has 1 aromatic rings. The molecule has 1 aliphatic carbocycles. The smallest absolute Gasteiger partial charge is 0.0388 e. The third-order valence-electron chi connectivity index (χ3n) is 3.62. The van der Waals surface area contributed by atoms with Crippen molar-refractivity contribution in [2.45, 2.75) is 51.6 Å². The first kappa shape index (κ1) is 11.2. The molecule has 2 unspecified atom stereocenters. The summed E-state index contributed by atoms with van der Waals surface area (Å²) in [6.07, 6.45) is 5.53. The van der Waals surface area contributed by atoms with Crippen molar-refractivity contribution in [2.24, 2.45) is 5.92 Å². The fraction of sp³-hybridized carbons (Fsp3) is 0.692. The van der Waals surface area contributed by atoms with E-state index in [-0.39, 0.29) is 0 Å². The average molecular weight is 223 g/mol. The Morgan fingerprint density at radius 1 is 1.53 bits per heavy atom. The van der Waals surface area contributed by atoms with E-state index in [1.165, 1.54) is 30.6 Å². The Morgan fingerprint density at radius 3 is 3.07 bits per heavy atom. The summed E-state index contributed by atoms with van der Waals surface area (Å²) < 4.78 is 0. The normalized spacial score (nSPS) is 28.1. The predicted molar refractivity (Wildman–Crippen MR) is 67.3 cm³/mol. The molecule has 0 bridgehead atoms. The molecule has 2 rings (SSSR count). The van der Waals surface area contributed by atoms with Crippen LogP contribution in [0.2, 0.25) is 0 Å². The predicted octanol–water partition coefficient (Wildman–Crippen LogP) is 3.98. The van der Waals surface area contributed by atoms with E-state index in [9.17, 15) is 0 Å². The van der Waals surface area contributed by atoms with Gasteiger partial charge in [-0.2, -0.15) is 0 Å². The largest absolute Gasteiger partial charge is 0.306 e. The zero-order chi connectivity index (χ0) is 10.7. The van der Waals surface area contributed by atoms with Crippen molar-refractivity contribution in [1.82, 2.24) is 5.32 Å². The van der Waals surface area contributed by atoms with Crippen LogP contribution in [0, 0.1) is 5.92 Å². The Labute approximate surface area is 96.9 Å². The second-order valence-corrected chi connectivity index (χ2v) is 5.59. The maximum absolute atomic E-state index is 3.79. The summed E-state index contributed by atoms with van der Waals surface area (Å²) in [5, 5.41) is 5.96. The Kier molecular flexibility index (Phi) is 3.81. The number of rotatable bonds is 4. The molecule has 0 spiro atoms. The number of hydrogen-bond acceptors (Lipinski definition) is 2. The Morgan fingerprint density at radius 2 is 2.40 bits per heavy atom. The van der Waals surface area contributed by atoms with Crippen LogP contribution in [-0.4, -0.2) is 6.04 Å². The van der Waals surface area contributed by atoms with Crippen molar-refractivity contribution in [3.63, 3.8) is 0 Å². The summed E-state index contributed by atoms with van der Waals surface area (Å²) in [5.41, 5.74) is 0. The van der Waals surface area contributed by atoms with Gasteiger partial charge in [0.1, 0.15) is 0 Å². The topological polar surface area (TPSA) is 12.0 Å². The number of thiophene rings is 1. The third kappa shape index (κ3) is 2.61. The first-order valence-electron chi connectivity index (χ1n) is 6.10. The summed E-state index contributed by atoms with van der Waals surface area (Å²) >= 11 is 1.86. The quantitative estimate of drug-likeness (QED) is 0.814. The Bertz CT molecular complexity index is 281. The van der Waals surface area contributed by atoms with E-state index in [1.54, 1.807) is 0 Å². The van der Waals surface area contributed by atoms with Gasteiger partial charge < -0.3 is 5.32 Å². The lowest BCUT2D eigenvalue weighted by Gasteiger charge is -2.23. The molecular formula is C13H21NS. The molecule has 2 heteroatoms. The zero-order valence-corrected chi connectivity index (χ0v) is 10.5. The van der Waals surface area contributed by atoms with E-state index in [2.05, 4.69) is 36.7 Å². The summed E-state index contributed by atoms with van der Waals surface area (Å²) in [4.78, 5) is 1.47. The van der Waals surface area contributed by atoms with Crippen molar-refractivity contribution < 1.29 is 0 Å². The Hall–Kier alpha value is -0.340. The maximum atomic E-state index is 3.79. The second kappa shape index (κ2) is 5.13.